The molecule has 1 aromatic rings. The van der Waals surface area contributed by atoms with Crippen molar-refractivity contribution in [3.8, 4) is 0 Å². The van der Waals surface area contributed by atoms with Gasteiger partial charge in [-0.3, -0.25) is 4.79 Å². The van der Waals surface area contributed by atoms with E-state index in [0.29, 0.717) is 5.69 Å². The van der Waals surface area contributed by atoms with Crippen LogP contribution in [0.15, 0.2) is 4.52 Å². The fourth-order valence-electron chi connectivity index (χ4n) is 2.40. The number of carbonyl (C=O) groups is 1. The minimum absolute atomic E-state index is 0.0488. The lowest BCUT2D eigenvalue weighted by atomic mass is 9.80. The van der Waals surface area contributed by atoms with E-state index in [0.717, 1.165) is 25.7 Å². The molecular weight excluding hydrogens is 225 g/mol. The lowest BCUT2D eigenvalue weighted by Crippen LogP contribution is -2.22. The van der Waals surface area contributed by atoms with Crippen LogP contribution in [0.3, 0.4) is 0 Å². The molecule has 1 saturated carbocycles. The van der Waals surface area contributed by atoms with E-state index in [-0.39, 0.29) is 29.4 Å². The van der Waals surface area contributed by atoms with Crippen molar-refractivity contribution in [3.05, 3.63) is 17.3 Å². The maximum atomic E-state index is 13.6. The highest BCUT2D eigenvalue weighted by Crippen LogP contribution is 2.37. The maximum absolute atomic E-state index is 13.6. The molecule has 1 fully saturated rings. The Bertz CT molecular complexity index is 408. The van der Waals surface area contributed by atoms with Crippen molar-refractivity contribution >= 4 is 5.97 Å². The standard InChI is InChI=1S/C12H16FNO3/c1-7-10(13)11(14-17-7)8-3-5-9(6-4-8)12(15)16-2/h8-9H,3-6H2,1-2H3. The number of rotatable bonds is 2. The van der Waals surface area contributed by atoms with Crippen molar-refractivity contribution in [1.82, 2.24) is 5.16 Å². The van der Waals surface area contributed by atoms with Crippen LogP contribution in [0.1, 0.15) is 43.1 Å². The lowest BCUT2D eigenvalue weighted by molar-refractivity contribution is -0.146. The lowest BCUT2D eigenvalue weighted by Gasteiger charge is -2.25. The molecule has 0 bridgehead atoms. The van der Waals surface area contributed by atoms with Crippen LogP contribution in [0.4, 0.5) is 4.39 Å². The summed E-state index contributed by atoms with van der Waals surface area (Å²) in [4.78, 5) is 11.4. The first-order valence-corrected chi connectivity index (χ1v) is 5.83. The van der Waals surface area contributed by atoms with Crippen molar-refractivity contribution in [3.63, 3.8) is 0 Å². The Morgan fingerprint density at radius 3 is 2.53 bits per heavy atom. The van der Waals surface area contributed by atoms with Gasteiger partial charge in [0.15, 0.2) is 11.6 Å². The molecule has 94 valence electrons. The van der Waals surface area contributed by atoms with Gasteiger partial charge in [-0.15, -0.1) is 0 Å². The highest BCUT2D eigenvalue weighted by Gasteiger charge is 2.31. The Kier molecular flexibility index (Phi) is 3.45. The summed E-state index contributed by atoms with van der Waals surface area (Å²) in [6, 6.07) is 0. The van der Waals surface area contributed by atoms with Gasteiger partial charge in [0.25, 0.3) is 0 Å². The van der Waals surface area contributed by atoms with E-state index < -0.39 is 0 Å². The molecule has 0 unspecified atom stereocenters. The highest BCUT2D eigenvalue weighted by molar-refractivity contribution is 5.72. The van der Waals surface area contributed by atoms with E-state index in [2.05, 4.69) is 5.16 Å². The molecule has 4 nitrogen and oxygen atoms in total. The van der Waals surface area contributed by atoms with Crippen molar-refractivity contribution in [2.24, 2.45) is 5.92 Å². The summed E-state index contributed by atoms with van der Waals surface area (Å²) in [7, 11) is 1.40. The van der Waals surface area contributed by atoms with Crippen LogP contribution < -0.4 is 0 Å². The topological polar surface area (TPSA) is 52.3 Å². The van der Waals surface area contributed by atoms with Crippen LogP contribution in [0.25, 0.3) is 0 Å². The van der Waals surface area contributed by atoms with E-state index in [1.165, 1.54) is 7.11 Å². The van der Waals surface area contributed by atoms with Gasteiger partial charge in [-0.1, -0.05) is 5.16 Å². The van der Waals surface area contributed by atoms with Gasteiger partial charge in [-0.05, 0) is 32.6 Å². The van der Waals surface area contributed by atoms with Crippen LogP contribution >= 0.6 is 0 Å². The number of aromatic nitrogens is 1. The van der Waals surface area contributed by atoms with Gasteiger partial charge in [0.1, 0.15) is 5.69 Å². The Labute approximate surface area is 99.1 Å². The van der Waals surface area contributed by atoms with Gasteiger partial charge in [0.2, 0.25) is 0 Å². The number of halogens is 1. The van der Waals surface area contributed by atoms with Crippen molar-refractivity contribution in [2.45, 2.75) is 38.5 Å². The van der Waals surface area contributed by atoms with Crippen LogP contribution in [-0.4, -0.2) is 18.2 Å². The van der Waals surface area contributed by atoms with Gasteiger partial charge in [0, 0.05) is 5.92 Å². The largest absolute Gasteiger partial charge is 0.469 e. The normalized spacial score (nSPS) is 24.6. The molecule has 2 rings (SSSR count). The second kappa shape index (κ2) is 4.85. The zero-order valence-corrected chi connectivity index (χ0v) is 10.0. The molecule has 0 aromatic carbocycles. The van der Waals surface area contributed by atoms with E-state index >= 15 is 0 Å². The van der Waals surface area contributed by atoms with Gasteiger partial charge in [0.05, 0.1) is 13.0 Å². The van der Waals surface area contributed by atoms with E-state index in [1.54, 1.807) is 6.92 Å². The van der Waals surface area contributed by atoms with Gasteiger partial charge in [-0.25, -0.2) is 4.39 Å². The van der Waals surface area contributed by atoms with Crippen molar-refractivity contribution < 1.29 is 18.4 Å². The van der Waals surface area contributed by atoms with Crippen LogP contribution in [0.5, 0.6) is 0 Å². The zero-order chi connectivity index (χ0) is 12.4. The first-order chi connectivity index (χ1) is 8.13. The summed E-state index contributed by atoms with van der Waals surface area (Å²) >= 11 is 0. The summed E-state index contributed by atoms with van der Waals surface area (Å²) in [5.41, 5.74) is 0.408. The van der Waals surface area contributed by atoms with E-state index in [1.807, 2.05) is 0 Å². The number of carbonyl (C=O) groups excluding carboxylic acids is 1. The Morgan fingerprint density at radius 2 is 2.06 bits per heavy atom. The third-order valence-corrected chi connectivity index (χ3v) is 3.46. The van der Waals surface area contributed by atoms with Gasteiger partial charge < -0.3 is 9.26 Å². The predicted octanol–water partition coefficient (Wildman–Crippen LogP) is 2.57. The van der Waals surface area contributed by atoms with Crippen LogP contribution in [-0.2, 0) is 9.53 Å². The number of methoxy groups -OCH3 is 1. The summed E-state index contributed by atoms with van der Waals surface area (Å²) in [5.74, 6) is -0.262. The average Bonchev–Trinajstić information content (AvgIpc) is 2.69. The van der Waals surface area contributed by atoms with E-state index in [4.69, 9.17) is 9.26 Å². The zero-order valence-electron chi connectivity index (χ0n) is 10.0. The summed E-state index contributed by atoms with van der Waals surface area (Å²) in [6.45, 7) is 1.56. The second-order valence-electron chi connectivity index (χ2n) is 4.51. The molecule has 0 saturated heterocycles. The first kappa shape index (κ1) is 12.1. The molecule has 0 aliphatic heterocycles. The number of aryl methyl sites for hydroxylation is 1. The SMILES string of the molecule is COC(=O)C1CCC(c2noc(C)c2F)CC1. The summed E-state index contributed by atoms with van der Waals surface area (Å²) in [6.07, 6.45) is 2.96. The van der Waals surface area contributed by atoms with Crippen LogP contribution in [0.2, 0.25) is 0 Å². The minimum Gasteiger partial charge on any atom is -0.469 e. The Hall–Kier alpha value is -1.39. The average molecular weight is 241 g/mol. The molecule has 17 heavy (non-hydrogen) atoms. The molecular formula is C12H16FNO3. The molecule has 0 atom stereocenters. The van der Waals surface area contributed by atoms with Gasteiger partial charge in [-0.2, -0.15) is 0 Å². The molecule has 0 radical (unpaired) electrons. The third-order valence-electron chi connectivity index (χ3n) is 3.46. The van der Waals surface area contributed by atoms with Gasteiger partial charge >= 0.3 is 5.97 Å². The third kappa shape index (κ3) is 2.33. The number of ether oxygens (including phenoxy) is 1. The molecule has 1 aliphatic carbocycles. The minimum atomic E-state index is -0.341. The van der Waals surface area contributed by atoms with Crippen LogP contribution in [0, 0.1) is 18.7 Å². The number of esters is 1. The van der Waals surface area contributed by atoms with Crippen molar-refractivity contribution in [2.75, 3.05) is 7.11 Å². The molecule has 0 N–H and O–H groups in total. The molecule has 0 amide bonds. The number of hydrogen-bond acceptors (Lipinski definition) is 4. The van der Waals surface area contributed by atoms with Crippen molar-refractivity contribution in [1.29, 1.82) is 0 Å². The quantitative estimate of drug-likeness (QED) is 0.747. The molecule has 5 heteroatoms. The first-order valence-electron chi connectivity index (χ1n) is 5.83. The highest BCUT2D eigenvalue weighted by atomic mass is 19.1. The summed E-state index contributed by atoms with van der Waals surface area (Å²) < 4.78 is 23.2. The molecule has 0 spiro atoms. The smallest absolute Gasteiger partial charge is 0.308 e. The maximum Gasteiger partial charge on any atom is 0.308 e. The fourth-order valence-corrected chi connectivity index (χ4v) is 2.40. The Morgan fingerprint density at radius 1 is 1.41 bits per heavy atom. The molecule has 1 aliphatic rings. The number of nitrogens with zero attached hydrogens (tertiary/aromatic N) is 1. The molecule has 1 heterocycles. The number of hydrogen-bond donors (Lipinski definition) is 0. The Balaban J connectivity index is 2.00. The fraction of sp³-hybridized carbons (Fsp3) is 0.667. The molecule has 1 aromatic heterocycles. The van der Waals surface area contributed by atoms with E-state index in [9.17, 15) is 9.18 Å². The predicted molar refractivity (Wildman–Crippen MR) is 57.9 cm³/mol. The second-order valence-corrected chi connectivity index (χ2v) is 4.51. The monoisotopic (exact) mass is 241 g/mol. The summed E-state index contributed by atoms with van der Waals surface area (Å²) in [5, 5.41) is 3.76.